The summed E-state index contributed by atoms with van der Waals surface area (Å²) >= 11 is 0. The van der Waals surface area contributed by atoms with Crippen molar-refractivity contribution in [2.75, 3.05) is 12.8 Å². The van der Waals surface area contributed by atoms with E-state index in [1.54, 1.807) is 18.2 Å². The van der Waals surface area contributed by atoms with Crippen molar-refractivity contribution in [3.63, 3.8) is 0 Å². The van der Waals surface area contributed by atoms with Gasteiger partial charge >= 0.3 is 5.22 Å². The first-order chi connectivity index (χ1) is 11.1. The van der Waals surface area contributed by atoms with E-state index in [2.05, 4.69) is 14.9 Å². The van der Waals surface area contributed by atoms with Gasteiger partial charge in [0.05, 0.1) is 4.90 Å². The summed E-state index contributed by atoms with van der Waals surface area (Å²) in [4.78, 5) is 0.211. The number of nitrogens with zero attached hydrogens (tertiary/aromatic N) is 2. The molecule has 0 spiro atoms. The van der Waals surface area contributed by atoms with Crippen LogP contribution in [0.3, 0.4) is 0 Å². The lowest BCUT2D eigenvalue weighted by Crippen LogP contribution is -2.25. The number of hydrogen-bond acceptors (Lipinski definition) is 7. The second-order valence-corrected chi connectivity index (χ2v) is 9.14. The molecule has 0 bridgehead atoms. The molecule has 0 amide bonds. The van der Waals surface area contributed by atoms with Crippen molar-refractivity contribution in [1.82, 2.24) is 14.9 Å². The highest BCUT2D eigenvalue weighted by Gasteiger charge is 2.17. The predicted octanol–water partition coefficient (Wildman–Crippen LogP) is 1.00. The lowest BCUT2D eigenvalue weighted by atomic mass is 10.1. The number of sulfone groups is 1. The summed E-state index contributed by atoms with van der Waals surface area (Å²) in [5.74, 6) is 0.154. The third-order valence-electron chi connectivity index (χ3n) is 3.41. The molecule has 10 heteroatoms. The third-order valence-corrected chi connectivity index (χ3v) is 5.67. The number of rotatable bonds is 7. The largest absolute Gasteiger partial charge is 0.413 e. The first kappa shape index (κ1) is 18.6. The molecule has 0 radical (unpaired) electrons. The Morgan fingerprint density at radius 1 is 1.08 bits per heavy atom. The maximum atomic E-state index is 12.2. The number of aromatic nitrogens is 2. The maximum absolute atomic E-state index is 12.2. The molecule has 0 aliphatic rings. The molecule has 0 fully saturated rings. The molecule has 8 nitrogen and oxygen atoms in total. The second kappa shape index (κ2) is 6.99. The minimum atomic E-state index is -3.58. The van der Waals surface area contributed by atoms with E-state index in [0.29, 0.717) is 6.42 Å². The third kappa shape index (κ3) is 4.62. The molecule has 0 saturated carbocycles. The van der Waals surface area contributed by atoms with Gasteiger partial charge in [-0.3, -0.25) is 0 Å². The SMILES string of the molecule is Cc1ccc(S(=O)(=O)NCCCc2nnc(S(C)(=O)=O)o2)cc1C. The molecule has 1 aromatic heterocycles. The monoisotopic (exact) mass is 373 g/mol. The van der Waals surface area contributed by atoms with Crippen molar-refractivity contribution < 1.29 is 21.3 Å². The highest BCUT2D eigenvalue weighted by molar-refractivity contribution is 7.90. The fraction of sp³-hybridized carbons (Fsp3) is 0.429. The lowest BCUT2D eigenvalue weighted by Gasteiger charge is -2.08. The van der Waals surface area contributed by atoms with Gasteiger partial charge < -0.3 is 4.42 Å². The molecule has 0 aliphatic carbocycles. The van der Waals surface area contributed by atoms with Gasteiger partial charge in [-0.25, -0.2) is 21.6 Å². The zero-order valence-electron chi connectivity index (χ0n) is 13.6. The Kier molecular flexibility index (Phi) is 5.41. The van der Waals surface area contributed by atoms with Crippen LogP contribution >= 0.6 is 0 Å². The average molecular weight is 373 g/mol. The van der Waals surface area contributed by atoms with Gasteiger partial charge in [-0.15, -0.1) is 5.10 Å². The number of sulfonamides is 1. The summed E-state index contributed by atoms with van der Waals surface area (Å²) < 4.78 is 54.4. The molecule has 1 aromatic carbocycles. The Morgan fingerprint density at radius 3 is 2.38 bits per heavy atom. The average Bonchev–Trinajstić information content (AvgIpc) is 2.95. The lowest BCUT2D eigenvalue weighted by molar-refractivity contribution is 0.394. The van der Waals surface area contributed by atoms with Crippen molar-refractivity contribution in [3.8, 4) is 0 Å². The molecule has 0 saturated heterocycles. The summed E-state index contributed by atoms with van der Waals surface area (Å²) in [5.41, 5.74) is 1.92. The number of nitrogens with one attached hydrogen (secondary N) is 1. The van der Waals surface area contributed by atoms with Crippen LogP contribution < -0.4 is 4.72 Å². The molecule has 0 unspecified atom stereocenters. The summed E-state index contributed by atoms with van der Waals surface area (Å²) in [7, 11) is -7.12. The van der Waals surface area contributed by atoms with Crippen LogP contribution in [0.25, 0.3) is 0 Å². The summed E-state index contributed by atoms with van der Waals surface area (Å²) in [6, 6.07) is 4.93. The summed E-state index contributed by atoms with van der Waals surface area (Å²) in [5, 5.41) is 6.62. The molecule has 2 aromatic rings. The normalized spacial score (nSPS) is 12.5. The predicted molar refractivity (Wildman–Crippen MR) is 86.8 cm³/mol. The van der Waals surface area contributed by atoms with E-state index in [1.165, 1.54) is 0 Å². The molecule has 132 valence electrons. The van der Waals surface area contributed by atoms with E-state index < -0.39 is 25.1 Å². The van der Waals surface area contributed by atoms with Crippen molar-refractivity contribution >= 4 is 19.9 Å². The van der Waals surface area contributed by atoms with Gasteiger partial charge in [-0.1, -0.05) is 11.2 Å². The van der Waals surface area contributed by atoms with E-state index in [-0.39, 0.29) is 23.8 Å². The number of hydrogen-bond donors (Lipinski definition) is 1. The van der Waals surface area contributed by atoms with E-state index in [0.717, 1.165) is 17.4 Å². The van der Waals surface area contributed by atoms with Crippen molar-refractivity contribution in [3.05, 3.63) is 35.2 Å². The first-order valence-corrected chi connectivity index (χ1v) is 10.6. The van der Waals surface area contributed by atoms with Gasteiger partial charge in [-0.05, 0) is 43.5 Å². The van der Waals surface area contributed by atoms with Gasteiger partial charge in [0.25, 0.3) is 0 Å². The molecule has 0 aliphatic heterocycles. The van der Waals surface area contributed by atoms with Gasteiger partial charge in [0.2, 0.25) is 25.8 Å². The topological polar surface area (TPSA) is 119 Å². The molecule has 0 atom stereocenters. The van der Waals surface area contributed by atoms with Gasteiger partial charge in [0.1, 0.15) is 0 Å². The molecule has 1 heterocycles. The fourth-order valence-electron chi connectivity index (χ4n) is 1.90. The molecule has 1 N–H and O–H groups in total. The van der Waals surface area contributed by atoms with Crippen LogP contribution in [0.5, 0.6) is 0 Å². The highest BCUT2D eigenvalue weighted by atomic mass is 32.2. The van der Waals surface area contributed by atoms with Crippen molar-refractivity contribution in [2.24, 2.45) is 0 Å². The Labute approximate surface area is 141 Å². The number of aryl methyl sites for hydroxylation is 3. The maximum Gasteiger partial charge on any atom is 0.335 e. The summed E-state index contributed by atoms with van der Waals surface area (Å²) in [6.07, 6.45) is 1.65. The van der Waals surface area contributed by atoms with E-state index in [9.17, 15) is 16.8 Å². The van der Waals surface area contributed by atoms with Crippen LogP contribution in [0.1, 0.15) is 23.4 Å². The van der Waals surface area contributed by atoms with Gasteiger partial charge in [0.15, 0.2) is 0 Å². The second-order valence-electron chi connectivity index (χ2n) is 5.48. The Balaban J connectivity index is 1.91. The van der Waals surface area contributed by atoms with E-state index in [1.807, 2.05) is 13.8 Å². The van der Waals surface area contributed by atoms with Crippen LogP contribution in [-0.4, -0.2) is 39.8 Å². The Hall–Kier alpha value is -1.78. The summed E-state index contributed by atoms with van der Waals surface area (Å²) in [6.45, 7) is 3.93. The zero-order valence-corrected chi connectivity index (χ0v) is 15.2. The molecular weight excluding hydrogens is 354 g/mol. The zero-order chi connectivity index (χ0) is 18.0. The van der Waals surface area contributed by atoms with Crippen LogP contribution in [0.2, 0.25) is 0 Å². The minimum Gasteiger partial charge on any atom is -0.413 e. The van der Waals surface area contributed by atoms with Crippen LogP contribution in [-0.2, 0) is 26.3 Å². The van der Waals surface area contributed by atoms with Gasteiger partial charge in [0, 0.05) is 19.2 Å². The standard InChI is InChI=1S/C14H19N3O5S2/c1-10-6-7-12(9-11(10)2)24(20,21)15-8-4-5-13-16-17-14(22-13)23(3,18)19/h6-7,9,15H,4-5,8H2,1-3H3. The van der Waals surface area contributed by atoms with E-state index in [4.69, 9.17) is 4.42 Å². The van der Waals surface area contributed by atoms with Gasteiger partial charge in [-0.2, -0.15) is 0 Å². The van der Waals surface area contributed by atoms with Crippen molar-refractivity contribution in [1.29, 1.82) is 0 Å². The minimum absolute atomic E-state index is 0.154. The Morgan fingerprint density at radius 2 is 1.79 bits per heavy atom. The van der Waals surface area contributed by atoms with Crippen LogP contribution in [0, 0.1) is 13.8 Å². The smallest absolute Gasteiger partial charge is 0.335 e. The number of benzene rings is 1. The first-order valence-electron chi connectivity index (χ1n) is 7.19. The van der Waals surface area contributed by atoms with Crippen molar-refractivity contribution in [2.45, 2.75) is 36.8 Å². The Bertz CT molecular complexity index is 933. The molecule has 24 heavy (non-hydrogen) atoms. The quantitative estimate of drug-likeness (QED) is 0.719. The van der Waals surface area contributed by atoms with Crippen LogP contribution in [0.4, 0.5) is 0 Å². The fourth-order valence-corrected chi connectivity index (χ4v) is 3.50. The van der Waals surface area contributed by atoms with Crippen LogP contribution in [0.15, 0.2) is 32.7 Å². The molecular formula is C14H19N3O5S2. The van der Waals surface area contributed by atoms with E-state index >= 15 is 0 Å². The highest BCUT2D eigenvalue weighted by Crippen LogP contribution is 2.14. The molecule has 2 rings (SSSR count).